The van der Waals surface area contributed by atoms with Crippen molar-refractivity contribution < 1.29 is 35.9 Å². The highest BCUT2D eigenvalue weighted by Crippen LogP contribution is 2.52. The monoisotopic (exact) mass is 1080 g/mol. The van der Waals surface area contributed by atoms with Gasteiger partial charge in [-0.2, -0.15) is 26.9 Å². The number of halogens is 4. The van der Waals surface area contributed by atoms with E-state index in [4.69, 9.17) is 55.9 Å². The third-order valence-corrected chi connectivity index (χ3v) is 17.6. The van der Waals surface area contributed by atoms with Crippen LogP contribution in [0.3, 0.4) is 0 Å². The van der Waals surface area contributed by atoms with Crippen LogP contribution in [0.25, 0.3) is 0 Å². The standard InChI is InChI=1S/2C27H24Cl2N2O4S/c2*1-17-7-9-22(10-8-17)36(33,34)31-16-24(27(32)35-2)25(19-13-20(28)15-21(29)14-19)26-23-6-4-3-5-18(23)11-12-30(26)31/h2*3-10,13-16,25-26H,11-12H2,1-2H3/t2*25-,26+/m11/s1. The fourth-order valence-electron chi connectivity index (χ4n) is 10.1. The first-order valence-electron chi connectivity index (χ1n) is 22.8. The van der Waals surface area contributed by atoms with Crippen LogP contribution in [0.5, 0.6) is 0 Å². The lowest BCUT2D eigenvalue weighted by Gasteiger charge is -2.49. The van der Waals surface area contributed by atoms with E-state index in [0.717, 1.165) is 33.4 Å². The van der Waals surface area contributed by atoms with Crippen molar-refractivity contribution in [3.05, 3.63) is 222 Å². The maximum atomic E-state index is 13.9. The molecule has 4 heterocycles. The molecule has 0 spiro atoms. The highest BCUT2D eigenvalue weighted by Gasteiger charge is 2.49. The molecule has 6 aromatic carbocycles. The highest BCUT2D eigenvalue weighted by atomic mass is 35.5. The summed E-state index contributed by atoms with van der Waals surface area (Å²) < 4.78 is 68.4. The van der Waals surface area contributed by atoms with E-state index in [9.17, 15) is 26.4 Å². The average molecular weight is 1090 g/mol. The molecule has 10 rings (SSSR count). The Morgan fingerprint density at radius 1 is 0.500 bits per heavy atom. The molecule has 0 N–H and O–H groups in total. The molecule has 18 heteroatoms. The third-order valence-electron chi connectivity index (χ3n) is 13.4. The molecule has 4 aliphatic rings. The van der Waals surface area contributed by atoms with Crippen molar-refractivity contribution in [1.29, 1.82) is 0 Å². The first-order valence-corrected chi connectivity index (χ1v) is 27.2. The Balaban J connectivity index is 0.000000178. The zero-order valence-corrected chi connectivity index (χ0v) is 44.0. The summed E-state index contributed by atoms with van der Waals surface area (Å²) in [5.74, 6) is -2.38. The molecule has 0 saturated carbocycles. The van der Waals surface area contributed by atoms with Crippen LogP contribution in [0.4, 0.5) is 0 Å². The minimum atomic E-state index is -4.03. The van der Waals surface area contributed by atoms with Gasteiger partial charge in [0.25, 0.3) is 20.0 Å². The van der Waals surface area contributed by atoms with Crippen LogP contribution in [0, 0.1) is 13.8 Å². The molecule has 4 atom stereocenters. The SMILES string of the molecule is COC(=O)C1=CN(S(=O)(=O)c2ccc(C)cc2)N2CCc3ccccc3[C@H]2[C@@H]1c1cc(Cl)cc(Cl)c1.COC(=O)C1=CN(S(=O)(=O)c2ccc(C)cc2)N2CCc3ccccc3[C@H]2[C@@H]1c1cc(Cl)cc(Cl)c1. The fraction of sp³-hybridized carbons (Fsp3) is 0.222. The zero-order chi connectivity index (χ0) is 51.2. The van der Waals surface area contributed by atoms with Gasteiger partial charge in [-0.15, -0.1) is 0 Å². The van der Waals surface area contributed by atoms with Crippen molar-refractivity contribution in [2.75, 3.05) is 27.3 Å². The molecule has 0 fully saturated rings. The van der Waals surface area contributed by atoms with Crippen LogP contribution < -0.4 is 0 Å². The molecule has 0 bridgehead atoms. The summed E-state index contributed by atoms with van der Waals surface area (Å²) in [4.78, 5) is 26.6. The molecule has 0 radical (unpaired) electrons. The molecule has 72 heavy (non-hydrogen) atoms. The van der Waals surface area contributed by atoms with Crippen LogP contribution >= 0.6 is 46.4 Å². The highest BCUT2D eigenvalue weighted by molar-refractivity contribution is 7.89. The number of sulfonamides is 2. The molecule has 0 saturated heterocycles. The van der Waals surface area contributed by atoms with Gasteiger partial charge in [0.05, 0.1) is 47.2 Å². The molecule has 6 aromatic rings. The number of carbonyl (C=O) groups excluding carboxylic acids is 2. The lowest BCUT2D eigenvalue weighted by atomic mass is 9.77. The number of benzene rings is 6. The number of methoxy groups -OCH3 is 2. The first-order chi connectivity index (χ1) is 34.4. The summed E-state index contributed by atoms with van der Waals surface area (Å²) in [7, 11) is -5.48. The topological polar surface area (TPSA) is 134 Å². The van der Waals surface area contributed by atoms with E-state index in [1.54, 1.807) is 84.9 Å². The molecular weight excluding hydrogens is 1040 g/mol. The summed E-state index contributed by atoms with van der Waals surface area (Å²) in [6.07, 6.45) is 4.06. The molecular formula is C54H48Cl4N4O8S2. The molecule has 0 aromatic heterocycles. The molecule has 372 valence electrons. The van der Waals surface area contributed by atoms with E-state index in [2.05, 4.69) is 0 Å². The minimum absolute atomic E-state index is 0.135. The summed E-state index contributed by atoms with van der Waals surface area (Å²) in [6, 6.07) is 38.3. The summed E-state index contributed by atoms with van der Waals surface area (Å²) in [5, 5.41) is 5.31. The predicted octanol–water partition coefficient (Wildman–Crippen LogP) is 11.3. The predicted molar refractivity (Wildman–Crippen MR) is 278 cm³/mol. The number of fused-ring (bicyclic) bond motifs is 6. The number of hydrazine groups is 2. The quantitative estimate of drug-likeness (QED) is 0.136. The Kier molecular flexibility index (Phi) is 14.7. The van der Waals surface area contributed by atoms with Gasteiger partial charge in [0, 0.05) is 57.4 Å². The number of esters is 2. The van der Waals surface area contributed by atoms with Crippen LogP contribution in [-0.2, 0) is 52.0 Å². The number of nitrogens with zero attached hydrogens (tertiary/aromatic N) is 4. The van der Waals surface area contributed by atoms with E-state index < -0.39 is 55.9 Å². The lowest BCUT2D eigenvalue weighted by molar-refractivity contribution is -0.138. The average Bonchev–Trinajstić information content (AvgIpc) is 3.36. The molecule has 0 amide bonds. The number of ether oxygens (including phenoxy) is 2. The molecule has 12 nitrogen and oxygen atoms in total. The van der Waals surface area contributed by atoms with E-state index >= 15 is 0 Å². The van der Waals surface area contributed by atoms with E-state index in [1.165, 1.54) is 35.4 Å². The number of hydrogen-bond donors (Lipinski definition) is 0. The Bertz CT molecular complexity index is 3130. The van der Waals surface area contributed by atoms with Crippen LogP contribution in [-0.4, -0.2) is 74.9 Å². The van der Waals surface area contributed by atoms with E-state index in [-0.39, 0.29) is 20.9 Å². The van der Waals surface area contributed by atoms with Crippen molar-refractivity contribution >= 4 is 78.4 Å². The second-order valence-corrected chi connectivity index (χ2v) is 23.1. The third kappa shape index (κ3) is 9.79. The summed E-state index contributed by atoms with van der Waals surface area (Å²) >= 11 is 25.4. The summed E-state index contributed by atoms with van der Waals surface area (Å²) in [5.41, 5.74) is 7.74. The van der Waals surface area contributed by atoms with Crippen molar-refractivity contribution in [3.8, 4) is 0 Å². The van der Waals surface area contributed by atoms with Gasteiger partial charge in [0.2, 0.25) is 0 Å². The second-order valence-electron chi connectivity index (χ2n) is 17.8. The van der Waals surface area contributed by atoms with Gasteiger partial charge in [-0.25, -0.2) is 18.4 Å². The number of carbonyl (C=O) groups is 2. The largest absolute Gasteiger partial charge is 0.466 e. The van der Waals surface area contributed by atoms with Crippen molar-refractivity contribution in [1.82, 2.24) is 18.8 Å². The van der Waals surface area contributed by atoms with Gasteiger partial charge in [-0.05, 0) is 121 Å². The normalized spacial score (nSPS) is 19.8. The van der Waals surface area contributed by atoms with Crippen LogP contribution in [0.2, 0.25) is 20.1 Å². The maximum absolute atomic E-state index is 13.9. The minimum Gasteiger partial charge on any atom is -0.466 e. The van der Waals surface area contributed by atoms with E-state index in [0.29, 0.717) is 57.1 Å². The second kappa shape index (κ2) is 20.7. The zero-order valence-electron chi connectivity index (χ0n) is 39.4. The number of aryl methyl sites for hydroxylation is 2. The van der Waals surface area contributed by atoms with Gasteiger partial charge in [-0.1, -0.05) is 130 Å². The Morgan fingerprint density at radius 2 is 0.833 bits per heavy atom. The molecule has 4 aliphatic heterocycles. The molecule has 0 aliphatic carbocycles. The van der Waals surface area contributed by atoms with Gasteiger partial charge < -0.3 is 9.47 Å². The van der Waals surface area contributed by atoms with Crippen molar-refractivity contribution in [2.24, 2.45) is 0 Å². The van der Waals surface area contributed by atoms with Gasteiger partial charge in [-0.3, -0.25) is 0 Å². The van der Waals surface area contributed by atoms with Crippen LogP contribution in [0.1, 0.15) is 68.4 Å². The Hall–Kier alpha value is -5.68. The lowest BCUT2D eigenvalue weighted by Crippen LogP contribution is -2.53. The molecule has 0 unspecified atom stereocenters. The smallest absolute Gasteiger partial charge is 0.336 e. The van der Waals surface area contributed by atoms with Crippen molar-refractivity contribution in [2.45, 2.75) is 60.4 Å². The Morgan fingerprint density at radius 3 is 1.17 bits per heavy atom. The summed E-state index contributed by atoms with van der Waals surface area (Å²) in [6.45, 7) is 4.65. The maximum Gasteiger partial charge on any atom is 0.336 e. The van der Waals surface area contributed by atoms with Crippen molar-refractivity contribution in [3.63, 3.8) is 0 Å². The van der Waals surface area contributed by atoms with Gasteiger partial charge in [0.15, 0.2) is 0 Å². The van der Waals surface area contributed by atoms with Gasteiger partial charge in [0.1, 0.15) is 0 Å². The van der Waals surface area contributed by atoms with E-state index in [1.807, 2.05) is 72.4 Å². The first kappa shape index (κ1) is 51.2. The fourth-order valence-corrected chi connectivity index (χ4v) is 14.0. The number of rotatable bonds is 8. The van der Waals surface area contributed by atoms with Crippen LogP contribution in [0.15, 0.2) is 167 Å². The number of hydrogen-bond acceptors (Lipinski definition) is 10. The Labute approximate surface area is 439 Å². The van der Waals surface area contributed by atoms with Gasteiger partial charge >= 0.3 is 11.9 Å².